The van der Waals surface area contributed by atoms with Gasteiger partial charge in [0.05, 0.1) is 11.2 Å². The van der Waals surface area contributed by atoms with E-state index in [1.807, 2.05) is 35.2 Å². The van der Waals surface area contributed by atoms with Gasteiger partial charge in [-0.2, -0.15) is 0 Å². The molecule has 1 N–H and O–H groups in total. The van der Waals surface area contributed by atoms with E-state index < -0.39 is 11.2 Å². The van der Waals surface area contributed by atoms with Gasteiger partial charge >= 0.3 is 7.48 Å². The fourth-order valence-electron chi connectivity index (χ4n) is 15.8. The molecule has 0 saturated carbocycles. The molecule has 1 unspecified atom stereocenters. The smallest absolute Gasteiger partial charge is 0.330 e. The number of nitrogens with zero attached hydrogens (tertiary/aromatic N) is 1. The molecule has 0 amide bonds. The molecule has 5 heteroatoms. The molecule has 3 nitrogen and oxygen atoms in total. The average Bonchev–Trinajstić information content (AvgIpc) is 1.65. The Hall–Kier alpha value is -10.3. The maximum absolute atomic E-state index is 11.6. The van der Waals surface area contributed by atoms with Crippen LogP contribution in [0, 0.1) is 6.92 Å². The van der Waals surface area contributed by atoms with Crippen molar-refractivity contribution in [3.8, 4) is 22.3 Å². The van der Waals surface area contributed by atoms with Gasteiger partial charge in [-0.15, -0.1) is 0 Å². The Morgan fingerprint density at radius 2 is 0.832 bits per heavy atom. The van der Waals surface area contributed by atoms with Gasteiger partial charge in [-0.1, -0.05) is 283 Å². The van der Waals surface area contributed by atoms with Crippen LogP contribution in [0.1, 0.15) is 135 Å². The SMILES string of the molecule is Cc1ccc(C(c2ccccc2)c2ccccc2)cc1-c1cc(N(c2ccccc2)c2ccccc2)cc2c1Cc1cc([B]OC(C)(C)C(C)(C)O)cc3c1B2c1cc(C(c2ccccc2)c2ccccc2)cc2c1C3c1ccc(C(c3ccccc3)c3ccccc3)cc1-2. The van der Waals surface area contributed by atoms with Gasteiger partial charge < -0.3 is 14.7 Å². The maximum atomic E-state index is 11.6. The van der Waals surface area contributed by atoms with Crippen LogP contribution in [0.5, 0.6) is 0 Å². The van der Waals surface area contributed by atoms with Crippen LogP contribution in [0.25, 0.3) is 22.3 Å². The Morgan fingerprint density at radius 3 is 1.31 bits per heavy atom. The molecule has 0 fully saturated rings. The van der Waals surface area contributed by atoms with Gasteiger partial charge in [0, 0.05) is 40.7 Å². The fourth-order valence-corrected chi connectivity index (χ4v) is 15.8. The summed E-state index contributed by atoms with van der Waals surface area (Å²) in [5, 5.41) is 11.6. The summed E-state index contributed by atoms with van der Waals surface area (Å²) in [6, 6.07) is 118. The van der Waals surface area contributed by atoms with Crippen LogP contribution in [0.3, 0.4) is 0 Å². The number of benzene rings is 13. The van der Waals surface area contributed by atoms with E-state index in [1.54, 1.807) is 0 Å². The highest BCUT2D eigenvalue weighted by molar-refractivity contribution is 6.97. The van der Waals surface area contributed by atoms with Gasteiger partial charge in [0.1, 0.15) is 0 Å². The van der Waals surface area contributed by atoms with Crippen molar-refractivity contribution in [1.29, 1.82) is 0 Å². The number of para-hydroxylation sites is 2. The van der Waals surface area contributed by atoms with E-state index in [0.717, 1.165) is 22.5 Å². The highest BCUT2D eigenvalue weighted by Gasteiger charge is 2.48. The molecule has 13 aromatic rings. The summed E-state index contributed by atoms with van der Waals surface area (Å²) < 4.78 is 6.82. The topological polar surface area (TPSA) is 32.7 Å². The van der Waals surface area contributed by atoms with Crippen LogP contribution in [-0.2, 0) is 11.1 Å². The lowest BCUT2D eigenvalue weighted by atomic mass is 9.29. The minimum absolute atomic E-state index is 0.00369. The van der Waals surface area contributed by atoms with Gasteiger partial charge in [-0.3, -0.25) is 0 Å². The Balaban J connectivity index is 1.01. The summed E-state index contributed by atoms with van der Waals surface area (Å²) in [5.74, 6) is -0.150. The quantitative estimate of drug-likeness (QED) is 0.0728. The molecule has 13 aromatic carbocycles. The molecule has 2 heterocycles. The number of anilines is 3. The average molecular weight is 1220 g/mol. The second-order valence-corrected chi connectivity index (χ2v) is 27.4. The van der Waals surface area contributed by atoms with E-state index in [0.29, 0.717) is 6.42 Å². The molecular weight excluding hydrogens is 1150 g/mol. The van der Waals surface area contributed by atoms with Crippen LogP contribution in [0.2, 0.25) is 0 Å². The first-order valence-electron chi connectivity index (χ1n) is 33.6. The highest BCUT2D eigenvalue weighted by atomic mass is 16.5. The lowest BCUT2D eigenvalue weighted by Gasteiger charge is -2.40. The van der Waals surface area contributed by atoms with Crippen molar-refractivity contribution in [2.24, 2.45) is 0 Å². The van der Waals surface area contributed by atoms with Crippen molar-refractivity contribution in [1.82, 2.24) is 0 Å². The molecule has 1 radical (unpaired) electrons. The zero-order chi connectivity index (χ0) is 64.4. The molecule has 0 aromatic heterocycles. The third-order valence-corrected chi connectivity index (χ3v) is 21.0. The first kappa shape index (κ1) is 59.7. The van der Waals surface area contributed by atoms with Gasteiger partial charge in [-0.05, 0) is 201 Å². The third-order valence-electron chi connectivity index (χ3n) is 21.0. The minimum atomic E-state index is -1.12. The predicted molar refractivity (Wildman–Crippen MR) is 396 cm³/mol. The van der Waals surface area contributed by atoms with Crippen LogP contribution in [0.4, 0.5) is 17.1 Å². The summed E-state index contributed by atoms with van der Waals surface area (Å²) in [7, 11) is 1.93. The number of hydrogen-bond acceptors (Lipinski definition) is 3. The summed E-state index contributed by atoms with van der Waals surface area (Å²) in [6.07, 6.45) is 0.689. The lowest BCUT2D eigenvalue weighted by Crippen LogP contribution is -2.62. The molecular formula is C90H74B2NO2. The first-order valence-corrected chi connectivity index (χ1v) is 33.6. The lowest BCUT2D eigenvalue weighted by molar-refractivity contribution is -0.0893. The summed E-state index contributed by atoms with van der Waals surface area (Å²) in [5.41, 5.74) is 30.3. The molecule has 3 aliphatic rings. The number of hydrogen-bond donors (Lipinski definition) is 1. The second kappa shape index (κ2) is 24.6. The van der Waals surface area contributed by atoms with E-state index >= 15 is 0 Å². The van der Waals surface area contributed by atoms with Crippen molar-refractivity contribution in [2.45, 2.75) is 75.9 Å². The van der Waals surface area contributed by atoms with E-state index in [-0.39, 0.29) is 30.4 Å². The van der Waals surface area contributed by atoms with E-state index in [4.69, 9.17) is 4.65 Å². The standard InChI is InChI=1S/C90H74B2NO2/c1-59-46-47-66(83(60-30-14-6-15-31-60)61-32-16-7-17-33-61)51-75(59)77-57-73(93(71-42-26-12-27-43-71)72-44-28-13-29-45-72)58-81-78(77)54-69-50-70(91-95-90(4,5)89(2,3)94)56-80-86-74-49-48-67(84(62-34-18-8-19-35-62)63-36-20-9-21-37-63)52-76(74)79-53-68(55-82(87(79)86)92(81)88(69)80)85(64-38-22-10-23-39-64)65-40-24-11-25-41-65/h6-53,55-58,83-86,94H,54H2,1-5H3. The van der Waals surface area contributed by atoms with E-state index in [1.165, 1.54) is 122 Å². The van der Waals surface area contributed by atoms with Crippen molar-refractivity contribution >= 4 is 53.1 Å². The van der Waals surface area contributed by atoms with Crippen LogP contribution < -0.4 is 26.8 Å². The normalized spacial score (nSPS) is 13.5. The molecule has 2 aliphatic heterocycles. The fraction of sp³-hybridized carbons (Fsp3) is 0.133. The van der Waals surface area contributed by atoms with Gasteiger partial charge in [0.2, 0.25) is 6.71 Å². The minimum Gasteiger partial charge on any atom is -0.427 e. The van der Waals surface area contributed by atoms with Crippen molar-refractivity contribution in [3.63, 3.8) is 0 Å². The molecule has 1 aliphatic carbocycles. The van der Waals surface area contributed by atoms with Crippen LogP contribution >= 0.6 is 0 Å². The van der Waals surface area contributed by atoms with Gasteiger partial charge in [0.25, 0.3) is 0 Å². The number of aliphatic hydroxyl groups is 1. The monoisotopic (exact) mass is 1220 g/mol. The molecule has 95 heavy (non-hydrogen) atoms. The Morgan fingerprint density at radius 1 is 0.400 bits per heavy atom. The molecule has 0 saturated heterocycles. The molecule has 0 spiro atoms. The number of fused-ring (bicyclic) bond motifs is 7. The number of rotatable bonds is 17. The molecule has 1 atom stereocenters. The van der Waals surface area contributed by atoms with Crippen LogP contribution in [0.15, 0.2) is 315 Å². The van der Waals surface area contributed by atoms with E-state index in [9.17, 15) is 5.11 Å². The van der Waals surface area contributed by atoms with E-state index in [2.05, 4.69) is 327 Å². The highest BCUT2D eigenvalue weighted by Crippen LogP contribution is 2.53. The predicted octanol–water partition coefficient (Wildman–Crippen LogP) is 18.4. The van der Waals surface area contributed by atoms with Gasteiger partial charge in [0.15, 0.2) is 0 Å². The molecule has 457 valence electrons. The second-order valence-electron chi connectivity index (χ2n) is 27.4. The zero-order valence-electron chi connectivity index (χ0n) is 54.5. The zero-order valence-corrected chi connectivity index (χ0v) is 54.5. The van der Waals surface area contributed by atoms with Crippen molar-refractivity contribution < 1.29 is 9.76 Å². The Bertz CT molecular complexity index is 4780. The first-order chi connectivity index (χ1) is 46.4. The summed E-state index contributed by atoms with van der Waals surface area (Å²) in [4.78, 5) is 2.47. The molecule has 16 rings (SSSR count). The number of aryl methyl sites for hydroxylation is 1. The Labute approximate surface area is 561 Å². The maximum Gasteiger partial charge on any atom is 0.330 e. The van der Waals surface area contributed by atoms with Crippen molar-refractivity contribution in [2.75, 3.05) is 4.90 Å². The summed E-state index contributed by atoms with van der Waals surface area (Å²) >= 11 is 0. The summed E-state index contributed by atoms with van der Waals surface area (Å²) in [6.45, 7) is 9.75. The van der Waals surface area contributed by atoms with Gasteiger partial charge in [-0.25, -0.2) is 0 Å². The largest absolute Gasteiger partial charge is 0.427 e. The third kappa shape index (κ3) is 10.9. The Kier molecular flexibility index (Phi) is 15.4. The van der Waals surface area contributed by atoms with Crippen molar-refractivity contribution in [3.05, 3.63) is 399 Å². The molecule has 0 bridgehead atoms. The van der Waals surface area contributed by atoms with Crippen LogP contribution in [-0.4, -0.2) is 30.5 Å².